The molecule has 0 amide bonds. The van der Waals surface area contributed by atoms with Crippen LogP contribution in [-0.2, 0) is 14.8 Å². The van der Waals surface area contributed by atoms with Gasteiger partial charge in [0.25, 0.3) is 0 Å². The summed E-state index contributed by atoms with van der Waals surface area (Å²) in [7, 11) is -3.54. The maximum absolute atomic E-state index is 12.6. The molecule has 1 aromatic heterocycles. The van der Waals surface area contributed by atoms with Gasteiger partial charge in [-0.3, -0.25) is 0 Å². The zero-order valence-electron chi connectivity index (χ0n) is 12.7. The second kappa shape index (κ2) is 6.20. The van der Waals surface area contributed by atoms with Gasteiger partial charge >= 0.3 is 5.97 Å². The van der Waals surface area contributed by atoms with Crippen LogP contribution in [0.25, 0.3) is 10.1 Å². The second-order valence-electron chi connectivity index (χ2n) is 5.44. The minimum Gasteiger partial charge on any atom is -0.462 e. The zero-order chi connectivity index (χ0) is 16.6. The summed E-state index contributed by atoms with van der Waals surface area (Å²) in [6.07, 6.45) is 0.674. The molecule has 2 N–H and O–H groups in total. The average Bonchev–Trinajstić information content (AvgIpc) is 3.12. The lowest BCUT2D eigenvalue weighted by molar-refractivity contribution is 0.0532. The largest absolute Gasteiger partial charge is 0.462 e. The lowest BCUT2D eigenvalue weighted by Gasteiger charge is -2.15. The van der Waals surface area contributed by atoms with Crippen molar-refractivity contribution in [1.82, 2.24) is 4.31 Å². The van der Waals surface area contributed by atoms with E-state index in [0.29, 0.717) is 31.0 Å². The van der Waals surface area contributed by atoms with Crippen molar-refractivity contribution >= 4 is 37.4 Å². The van der Waals surface area contributed by atoms with E-state index in [4.69, 9.17) is 10.5 Å². The Balaban J connectivity index is 1.95. The molecule has 0 spiro atoms. The molecule has 1 fully saturated rings. The van der Waals surface area contributed by atoms with Crippen molar-refractivity contribution in [2.24, 2.45) is 5.73 Å². The molecule has 1 atom stereocenters. The topological polar surface area (TPSA) is 89.7 Å². The van der Waals surface area contributed by atoms with Gasteiger partial charge in [0.05, 0.1) is 11.5 Å². The molecule has 0 bridgehead atoms. The van der Waals surface area contributed by atoms with Crippen molar-refractivity contribution in [1.29, 1.82) is 0 Å². The van der Waals surface area contributed by atoms with Crippen LogP contribution < -0.4 is 5.73 Å². The first kappa shape index (κ1) is 16.4. The Bertz CT molecular complexity index is 844. The van der Waals surface area contributed by atoms with Crippen LogP contribution in [-0.4, -0.2) is 44.4 Å². The molecule has 0 saturated carbocycles. The lowest BCUT2D eigenvalue weighted by atomic mass is 10.2. The van der Waals surface area contributed by atoms with Crippen molar-refractivity contribution in [3.63, 3.8) is 0 Å². The molecule has 1 saturated heterocycles. The number of rotatable bonds is 4. The van der Waals surface area contributed by atoms with Crippen LogP contribution in [0.1, 0.15) is 23.0 Å². The molecule has 1 aliphatic rings. The number of esters is 1. The monoisotopic (exact) mass is 354 g/mol. The van der Waals surface area contributed by atoms with Crippen LogP contribution in [0.2, 0.25) is 0 Å². The van der Waals surface area contributed by atoms with Crippen molar-refractivity contribution < 1.29 is 17.9 Å². The molecule has 124 valence electrons. The lowest BCUT2D eigenvalue weighted by Crippen LogP contribution is -2.31. The van der Waals surface area contributed by atoms with Gasteiger partial charge in [0.1, 0.15) is 4.88 Å². The zero-order valence-corrected chi connectivity index (χ0v) is 14.3. The van der Waals surface area contributed by atoms with Gasteiger partial charge in [-0.1, -0.05) is 0 Å². The fourth-order valence-corrected chi connectivity index (χ4v) is 5.09. The first-order valence-electron chi connectivity index (χ1n) is 7.38. The van der Waals surface area contributed by atoms with E-state index in [1.807, 2.05) is 0 Å². The van der Waals surface area contributed by atoms with E-state index in [1.165, 1.54) is 15.6 Å². The number of carbonyl (C=O) groups excluding carboxylic acids is 1. The smallest absolute Gasteiger partial charge is 0.348 e. The molecule has 2 aromatic rings. The van der Waals surface area contributed by atoms with Crippen LogP contribution in [0.4, 0.5) is 0 Å². The number of hydrogen-bond donors (Lipinski definition) is 1. The molecular formula is C15H18N2O4S2. The van der Waals surface area contributed by atoms with E-state index in [9.17, 15) is 13.2 Å². The quantitative estimate of drug-likeness (QED) is 0.846. The molecule has 1 aliphatic heterocycles. The Hall–Kier alpha value is -1.48. The molecule has 0 radical (unpaired) electrons. The Morgan fingerprint density at radius 2 is 2.22 bits per heavy atom. The summed E-state index contributed by atoms with van der Waals surface area (Å²) in [5.41, 5.74) is 5.80. The third-order valence-electron chi connectivity index (χ3n) is 3.79. The maximum Gasteiger partial charge on any atom is 0.348 e. The number of hydrogen-bond acceptors (Lipinski definition) is 6. The fraction of sp³-hybridized carbons (Fsp3) is 0.400. The van der Waals surface area contributed by atoms with Gasteiger partial charge in [0.15, 0.2) is 0 Å². The van der Waals surface area contributed by atoms with Gasteiger partial charge in [0, 0.05) is 23.8 Å². The summed E-state index contributed by atoms with van der Waals surface area (Å²) in [5.74, 6) is -0.386. The van der Waals surface area contributed by atoms with Crippen LogP contribution in [0, 0.1) is 0 Å². The average molecular weight is 354 g/mol. The van der Waals surface area contributed by atoms with Crippen molar-refractivity contribution in [3.8, 4) is 0 Å². The van der Waals surface area contributed by atoms with Gasteiger partial charge in [-0.15, -0.1) is 11.3 Å². The first-order chi connectivity index (χ1) is 10.9. The maximum atomic E-state index is 12.6. The minimum atomic E-state index is -3.54. The molecule has 23 heavy (non-hydrogen) atoms. The summed E-state index contributed by atoms with van der Waals surface area (Å²) >= 11 is 1.29. The van der Waals surface area contributed by atoms with Crippen molar-refractivity contribution in [2.45, 2.75) is 24.3 Å². The number of nitrogens with two attached hydrogens (primary N) is 1. The number of carbonyl (C=O) groups is 1. The normalized spacial score (nSPS) is 19.3. The summed E-state index contributed by atoms with van der Waals surface area (Å²) in [5, 5.41) is 0.725. The molecule has 0 aliphatic carbocycles. The number of benzene rings is 1. The van der Waals surface area contributed by atoms with E-state index in [0.717, 1.165) is 10.1 Å². The minimum absolute atomic E-state index is 0.106. The molecule has 8 heteroatoms. The summed E-state index contributed by atoms with van der Waals surface area (Å²) in [6.45, 7) is 2.84. The molecule has 3 rings (SSSR count). The molecule has 1 aromatic carbocycles. The molecular weight excluding hydrogens is 336 g/mol. The molecule has 2 heterocycles. The van der Waals surface area contributed by atoms with Gasteiger partial charge in [-0.25, -0.2) is 13.2 Å². The van der Waals surface area contributed by atoms with Gasteiger partial charge < -0.3 is 10.5 Å². The van der Waals surface area contributed by atoms with Crippen LogP contribution in [0.15, 0.2) is 29.2 Å². The highest BCUT2D eigenvalue weighted by Crippen LogP contribution is 2.30. The van der Waals surface area contributed by atoms with Crippen LogP contribution >= 0.6 is 11.3 Å². The highest BCUT2D eigenvalue weighted by molar-refractivity contribution is 7.89. The van der Waals surface area contributed by atoms with E-state index in [2.05, 4.69) is 0 Å². The van der Waals surface area contributed by atoms with E-state index in [-0.39, 0.29) is 16.9 Å². The van der Waals surface area contributed by atoms with Gasteiger partial charge in [-0.05, 0) is 43.0 Å². The first-order valence-corrected chi connectivity index (χ1v) is 9.64. The van der Waals surface area contributed by atoms with Crippen molar-refractivity contribution in [2.75, 3.05) is 19.7 Å². The number of nitrogens with zero attached hydrogens (tertiary/aromatic N) is 1. The summed E-state index contributed by atoms with van der Waals surface area (Å²) in [6, 6.07) is 6.48. The van der Waals surface area contributed by atoms with E-state index >= 15 is 0 Å². The van der Waals surface area contributed by atoms with Crippen LogP contribution in [0.5, 0.6) is 0 Å². The van der Waals surface area contributed by atoms with Crippen molar-refractivity contribution in [3.05, 3.63) is 29.1 Å². The summed E-state index contributed by atoms with van der Waals surface area (Å²) in [4.78, 5) is 12.5. The number of fused-ring (bicyclic) bond motifs is 1. The second-order valence-corrected chi connectivity index (χ2v) is 8.46. The highest BCUT2D eigenvalue weighted by atomic mass is 32.2. The fourth-order valence-electron chi connectivity index (χ4n) is 2.61. The standard InChI is InChI=1S/C15H18N2O4S2/c1-2-21-15(18)14-8-10-7-12(3-4-13(10)22-14)23(19,20)17-6-5-11(16)9-17/h3-4,7-8,11H,2,5-6,9,16H2,1H3/t11-/m1/s1. The number of sulfonamides is 1. The van der Waals surface area contributed by atoms with Crippen LogP contribution in [0.3, 0.4) is 0 Å². The molecule has 0 unspecified atom stereocenters. The predicted molar refractivity (Wildman–Crippen MR) is 89.1 cm³/mol. The Morgan fingerprint density at radius 1 is 1.43 bits per heavy atom. The third-order valence-corrected chi connectivity index (χ3v) is 6.75. The number of thiophene rings is 1. The Morgan fingerprint density at radius 3 is 2.87 bits per heavy atom. The predicted octanol–water partition coefficient (Wildman–Crippen LogP) is 1.80. The summed E-state index contributed by atoms with van der Waals surface area (Å²) < 4.78 is 32.5. The third kappa shape index (κ3) is 3.12. The highest BCUT2D eigenvalue weighted by Gasteiger charge is 2.31. The van der Waals surface area contributed by atoms with E-state index < -0.39 is 10.0 Å². The van der Waals surface area contributed by atoms with Gasteiger partial charge in [0.2, 0.25) is 10.0 Å². The van der Waals surface area contributed by atoms with Gasteiger partial charge in [-0.2, -0.15) is 4.31 Å². The molecule has 6 nitrogen and oxygen atoms in total. The Kier molecular flexibility index (Phi) is 4.41. The van der Waals surface area contributed by atoms with E-state index in [1.54, 1.807) is 31.2 Å². The number of ether oxygens (including phenoxy) is 1. The SMILES string of the molecule is CCOC(=O)c1cc2cc(S(=O)(=O)N3CC[C@@H](N)C3)ccc2s1. The Labute approximate surface area is 138 Å².